The first-order valence-corrected chi connectivity index (χ1v) is 43.8. The Labute approximate surface area is 600 Å². The van der Waals surface area contributed by atoms with Crippen LogP contribution in [0.2, 0.25) is 0 Å². The topological polar surface area (TPSA) is 237 Å². The molecule has 17 nitrogen and oxygen atoms in total. The molecule has 0 aromatic carbocycles. The second kappa shape index (κ2) is 69.4. The molecular weight excluding hydrogens is 1280 g/mol. The van der Waals surface area contributed by atoms with Crippen LogP contribution < -0.4 is 0 Å². The van der Waals surface area contributed by atoms with Gasteiger partial charge in [-0.2, -0.15) is 0 Å². The summed E-state index contributed by atoms with van der Waals surface area (Å²) in [4.78, 5) is 72.8. The summed E-state index contributed by atoms with van der Waals surface area (Å²) in [6.45, 7) is 11.9. The molecule has 0 amide bonds. The summed E-state index contributed by atoms with van der Waals surface area (Å²) >= 11 is 0. The molecule has 582 valence electrons. The second-order valence-corrected chi connectivity index (χ2v) is 32.8. The van der Waals surface area contributed by atoms with Gasteiger partial charge < -0.3 is 33.8 Å². The summed E-state index contributed by atoms with van der Waals surface area (Å²) in [6, 6.07) is 0. The molecule has 0 spiro atoms. The number of esters is 4. The molecule has 0 aliphatic carbocycles. The van der Waals surface area contributed by atoms with Crippen LogP contribution in [0.4, 0.5) is 0 Å². The molecular formula is C79H154O17P2. The normalized spacial score (nSPS) is 14.0. The van der Waals surface area contributed by atoms with Gasteiger partial charge in [0.05, 0.1) is 26.4 Å². The maximum absolute atomic E-state index is 13.1. The van der Waals surface area contributed by atoms with E-state index in [4.69, 9.17) is 37.0 Å². The first-order valence-electron chi connectivity index (χ1n) is 40.8. The summed E-state index contributed by atoms with van der Waals surface area (Å²) in [5, 5.41) is 10.6. The molecule has 3 N–H and O–H groups in total. The van der Waals surface area contributed by atoms with Crippen LogP contribution >= 0.6 is 15.6 Å². The lowest BCUT2D eigenvalue weighted by molar-refractivity contribution is -0.161. The monoisotopic (exact) mass is 1440 g/mol. The maximum atomic E-state index is 13.1. The van der Waals surface area contributed by atoms with Gasteiger partial charge in [-0.3, -0.25) is 37.3 Å². The fourth-order valence-electron chi connectivity index (χ4n) is 12.1. The van der Waals surface area contributed by atoms with Gasteiger partial charge in [0.1, 0.15) is 19.3 Å². The Kier molecular flexibility index (Phi) is 68.1. The largest absolute Gasteiger partial charge is 0.472 e. The Morgan fingerprint density at radius 2 is 0.469 bits per heavy atom. The van der Waals surface area contributed by atoms with Crippen molar-refractivity contribution in [2.75, 3.05) is 39.6 Å². The van der Waals surface area contributed by atoms with Crippen LogP contribution in [-0.2, 0) is 65.4 Å². The van der Waals surface area contributed by atoms with Crippen LogP contribution in [0.1, 0.15) is 408 Å². The summed E-state index contributed by atoms with van der Waals surface area (Å²) < 4.78 is 68.6. The van der Waals surface area contributed by atoms with Crippen molar-refractivity contribution < 1.29 is 80.2 Å². The van der Waals surface area contributed by atoms with E-state index in [0.29, 0.717) is 25.7 Å². The lowest BCUT2D eigenvalue weighted by atomic mass is 10.0. The van der Waals surface area contributed by atoms with Crippen LogP contribution in [0.15, 0.2) is 0 Å². The molecule has 98 heavy (non-hydrogen) atoms. The number of phosphoric ester groups is 2. The highest BCUT2D eigenvalue weighted by Crippen LogP contribution is 2.45. The van der Waals surface area contributed by atoms with E-state index in [-0.39, 0.29) is 25.7 Å². The van der Waals surface area contributed by atoms with E-state index in [1.165, 1.54) is 212 Å². The summed E-state index contributed by atoms with van der Waals surface area (Å²) in [7, 11) is -9.91. The number of phosphoric acid groups is 2. The van der Waals surface area contributed by atoms with Crippen LogP contribution in [-0.4, -0.2) is 96.7 Å². The van der Waals surface area contributed by atoms with Gasteiger partial charge in [-0.1, -0.05) is 357 Å². The number of aliphatic hydroxyl groups excluding tert-OH is 1. The van der Waals surface area contributed by atoms with Gasteiger partial charge in [-0.25, -0.2) is 9.13 Å². The second-order valence-electron chi connectivity index (χ2n) is 29.9. The van der Waals surface area contributed by atoms with Gasteiger partial charge in [0.15, 0.2) is 12.2 Å². The highest BCUT2D eigenvalue weighted by Gasteiger charge is 2.30. The molecule has 0 bridgehead atoms. The van der Waals surface area contributed by atoms with Gasteiger partial charge in [0.2, 0.25) is 0 Å². The Hall–Kier alpha value is -1.94. The van der Waals surface area contributed by atoms with E-state index in [0.717, 1.165) is 114 Å². The molecule has 2 unspecified atom stereocenters. The van der Waals surface area contributed by atoms with Gasteiger partial charge in [0, 0.05) is 25.7 Å². The Morgan fingerprint density at radius 3 is 0.694 bits per heavy atom. The lowest BCUT2D eigenvalue weighted by Gasteiger charge is -2.21. The van der Waals surface area contributed by atoms with Crippen molar-refractivity contribution in [3.63, 3.8) is 0 Å². The van der Waals surface area contributed by atoms with Crippen LogP contribution in [0, 0.1) is 17.8 Å². The highest BCUT2D eigenvalue weighted by atomic mass is 31.2. The minimum absolute atomic E-state index is 0.106. The van der Waals surface area contributed by atoms with Crippen LogP contribution in [0.25, 0.3) is 0 Å². The van der Waals surface area contributed by atoms with Gasteiger partial charge in [-0.15, -0.1) is 0 Å². The molecule has 0 aliphatic heterocycles. The lowest BCUT2D eigenvalue weighted by Crippen LogP contribution is -2.30. The van der Waals surface area contributed by atoms with Crippen molar-refractivity contribution in [1.82, 2.24) is 0 Å². The van der Waals surface area contributed by atoms with Crippen molar-refractivity contribution in [3.8, 4) is 0 Å². The fraction of sp³-hybridized carbons (Fsp3) is 0.949. The quantitative estimate of drug-likeness (QED) is 0.0222. The number of aliphatic hydroxyl groups is 1. The number of carbonyl (C=O) groups is 4. The number of unbranched alkanes of at least 4 members (excludes halogenated alkanes) is 45. The molecule has 0 aliphatic rings. The minimum Gasteiger partial charge on any atom is -0.462 e. The number of rotatable bonds is 77. The first kappa shape index (κ1) is 96.1. The maximum Gasteiger partial charge on any atom is 0.472 e. The zero-order valence-electron chi connectivity index (χ0n) is 64.3. The van der Waals surface area contributed by atoms with E-state index in [2.05, 4.69) is 48.5 Å². The molecule has 0 saturated heterocycles. The third-order valence-corrected chi connectivity index (χ3v) is 20.3. The number of hydrogen-bond acceptors (Lipinski definition) is 15. The third-order valence-electron chi connectivity index (χ3n) is 18.4. The number of carbonyl (C=O) groups excluding carboxylic acids is 4. The minimum atomic E-state index is -4.96. The Morgan fingerprint density at radius 1 is 0.276 bits per heavy atom. The molecule has 0 fully saturated rings. The van der Waals surface area contributed by atoms with Gasteiger partial charge in [0.25, 0.3) is 0 Å². The van der Waals surface area contributed by atoms with Gasteiger partial charge in [-0.05, 0) is 43.4 Å². The third kappa shape index (κ3) is 72.4. The van der Waals surface area contributed by atoms with E-state index in [9.17, 15) is 43.2 Å². The molecule has 5 atom stereocenters. The average molecular weight is 1440 g/mol. The van der Waals surface area contributed by atoms with Crippen molar-refractivity contribution in [2.45, 2.75) is 426 Å². The summed E-state index contributed by atoms with van der Waals surface area (Å²) in [5.41, 5.74) is 0. The van der Waals surface area contributed by atoms with Crippen LogP contribution in [0.3, 0.4) is 0 Å². The van der Waals surface area contributed by atoms with Crippen molar-refractivity contribution in [3.05, 3.63) is 0 Å². The molecule has 0 heterocycles. The average Bonchev–Trinajstić information content (AvgIpc) is 2.71. The molecule has 0 saturated carbocycles. The molecule has 19 heteroatoms. The SMILES string of the molecule is CCCCCCCCCCC(=O)OC[C@H](COP(=O)(O)OC[C@H](O)COP(=O)(O)OC[C@@H](COC(=O)CCCCCCCCCCCCCCCCCC(C)C)OC(=O)CCCCCCCCCCCCCCCCCCC(C)C)OC(=O)CCCCCCCCCCCCC(C)C. The smallest absolute Gasteiger partial charge is 0.462 e. The zero-order chi connectivity index (χ0) is 72.3. The summed E-state index contributed by atoms with van der Waals surface area (Å²) in [6.07, 6.45) is 57.0. The van der Waals surface area contributed by atoms with Crippen molar-refractivity contribution in [2.24, 2.45) is 17.8 Å². The van der Waals surface area contributed by atoms with Crippen molar-refractivity contribution in [1.29, 1.82) is 0 Å². The predicted octanol–water partition coefficient (Wildman–Crippen LogP) is 23.4. The van der Waals surface area contributed by atoms with Crippen molar-refractivity contribution >= 4 is 39.5 Å². The molecule has 0 radical (unpaired) electrons. The van der Waals surface area contributed by atoms with Crippen LogP contribution in [0.5, 0.6) is 0 Å². The highest BCUT2D eigenvalue weighted by molar-refractivity contribution is 7.47. The van der Waals surface area contributed by atoms with E-state index in [1.54, 1.807) is 0 Å². The Bertz CT molecular complexity index is 1900. The molecule has 0 aromatic rings. The summed E-state index contributed by atoms with van der Waals surface area (Å²) in [5.74, 6) is 0.252. The fourth-order valence-corrected chi connectivity index (χ4v) is 13.7. The molecule has 0 aromatic heterocycles. The standard InChI is InChI=1S/C79H154O17P2/c1-8-9-10-11-12-39-46-53-60-76(81)89-66-74(95-79(84)63-56-49-42-35-29-28-32-38-45-52-59-72(6)7)68-93-97(85,86)91-64-73(80)65-92-98(87,88)94-69-75(67-90-77(82)61-54-47-40-33-26-22-19-15-17-21-25-31-37-44-51-58-71(4)5)96-78(83)62-55-48-41-34-27-23-18-14-13-16-20-24-30-36-43-50-57-70(2)3/h70-75,80H,8-69H2,1-7H3,(H,85,86)(H,87,88)/t73-,74+,75+/m0/s1. The number of ether oxygens (including phenoxy) is 4. The van der Waals surface area contributed by atoms with E-state index in [1.807, 2.05) is 0 Å². The zero-order valence-corrected chi connectivity index (χ0v) is 66.0. The first-order chi connectivity index (χ1) is 47.2. The van der Waals surface area contributed by atoms with Gasteiger partial charge >= 0.3 is 39.5 Å². The molecule has 0 rings (SSSR count). The van der Waals surface area contributed by atoms with E-state index >= 15 is 0 Å². The Balaban J connectivity index is 5.20. The van der Waals surface area contributed by atoms with E-state index < -0.39 is 97.5 Å². The number of hydrogen-bond donors (Lipinski definition) is 3. The predicted molar refractivity (Wildman–Crippen MR) is 400 cm³/mol.